The number of nitrogens with two attached hydrogens (primary N) is 1. The highest BCUT2D eigenvalue weighted by Gasteiger charge is 2.08. The molecule has 0 aliphatic rings. The van der Waals surface area contributed by atoms with Crippen LogP contribution in [0, 0.1) is 0 Å². The molecule has 7 heteroatoms. The second-order valence-corrected chi connectivity index (χ2v) is 6.46. The number of carbonyl (C=O) groups excluding carboxylic acids is 1. The van der Waals surface area contributed by atoms with Crippen molar-refractivity contribution in [1.29, 1.82) is 0 Å². The van der Waals surface area contributed by atoms with Crippen LogP contribution in [0.2, 0.25) is 0 Å². The molecule has 0 saturated carbocycles. The van der Waals surface area contributed by atoms with Gasteiger partial charge in [-0.3, -0.25) is 4.79 Å². The summed E-state index contributed by atoms with van der Waals surface area (Å²) in [6, 6.07) is 4.73. The van der Waals surface area contributed by atoms with E-state index in [2.05, 4.69) is 5.32 Å². The summed E-state index contributed by atoms with van der Waals surface area (Å²) in [5.41, 5.74) is 6.49. The van der Waals surface area contributed by atoms with Gasteiger partial charge in [-0.05, 0) is 24.6 Å². The van der Waals surface area contributed by atoms with Crippen LogP contribution in [-0.4, -0.2) is 40.0 Å². The van der Waals surface area contributed by atoms with Gasteiger partial charge >= 0.3 is 0 Å². The summed E-state index contributed by atoms with van der Waals surface area (Å²) in [6.45, 7) is 0.303. The van der Waals surface area contributed by atoms with Gasteiger partial charge in [0.15, 0.2) is 0 Å². The molecule has 106 valence electrons. The summed E-state index contributed by atoms with van der Waals surface area (Å²) in [5.74, 6) is 0.273. The lowest BCUT2D eigenvalue weighted by Gasteiger charge is -2.08. The van der Waals surface area contributed by atoms with Crippen LogP contribution in [0.1, 0.15) is 16.8 Å². The molecule has 0 heterocycles. The minimum atomic E-state index is -2.99. The Labute approximate surface area is 112 Å². The number of methoxy groups -OCH3 is 1. The Morgan fingerprint density at radius 2 is 2.11 bits per heavy atom. The molecule has 0 atom stereocenters. The molecular weight excluding hydrogens is 268 g/mol. The van der Waals surface area contributed by atoms with Crippen LogP contribution < -0.4 is 15.8 Å². The van der Waals surface area contributed by atoms with Crippen LogP contribution in [0.4, 0.5) is 5.69 Å². The van der Waals surface area contributed by atoms with Gasteiger partial charge < -0.3 is 15.8 Å². The number of anilines is 1. The number of ether oxygens (including phenoxy) is 1. The van der Waals surface area contributed by atoms with E-state index in [4.69, 9.17) is 10.5 Å². The lowest BCUT2D eigenvalue weighted by molar-refractivity contribution is 0.0953. The van der Waals surface area contributed by atoms with E-state index in [1.807, 2.05) is 0 Å². The number of hydrogen-bond donors (Lipinski definition) is 2. The van der Waals surface area contributed by atoms with Crippen molar-refractivity contribution in [2.24, 2.45) is 0 Å². The molecule has 0 fully saturated rings. The summed E-state index contributed by atoms with van der Waals surface area (Å²) >= 11 is 0. The average Bonchev–Trinajstić information content (AvgIpc) is 2.33. The molecule has 0 aromatic heterocycles. The zero-order chi connectivity index (χ0) is 14.5. The van der Waals surface area contributed by atoms with Crippen molar-refractivity contribution in [2.45, 2.75) is 6.42 Å². The number of hydrogen-bond acceptors (Lipinski definition) is 5. The summed E-state index contributed by atoms with van der Waals surface area (Å²) < 4.78 is 26.8. The second kappa shape index (κ2) is 6.42. The number of nitrogens with one attached hydrogen (secondary N) is 1. The van der Waals surface area contributed by atoms with E-state index in [0.717, 1.165) is 0 Å². The van der Waals surface area contributed by atoms with Crippen LogP contribution in [0.5, 0.6) is 5.75 Å². The Balaban J connectivity index is 2.52. The van der Waals surface area contributed by atoms with E-state index in [0.29, 0.717) is 30.0 Å². The maximum atomic E-state index is 11.8. The third kappa shape index (κ3) is 5.17. The van der Waals surface area contributed by atoms with Gasteiger partial charge in [0.1, 0.15) is 15.6 Å². The van der Waals surface area contributed by atoms with Crippen LogP contribution >= 0.6 is 0 Å². The zero-order valence-electron chi connectivity index (χ0n) is 11.0. The molecular formula is C12H18N2O4S. The van der Waals surface area contributed by atoms with E-state index in [9.17, 15) is 13.2 Å². The van der Waals surface area contributed by atoms with Gasteiger partial charge in [0.05, 0.1) is 18.6 Å². The van der Waals surface area contributed by atoms with Crippen molar-refractivity contribution < 1.29 is 17.9 Å². The van der Waals surface area contributed by atoms with E-state index >= 15 is 0 Å². The summed E-state index contributed by atoms with van der Waals surface area (Å²) in [6.07, 6.45) is 1.55. The number of amides is 1. The lowest BCUT2D eigenvalue weighted by Crippen LogP contribution is -2.25. The molecule has 1 rings (SSSR count). The molecule has 1 aromatic rings. The van der Waals surface area contributed by atoms with Crippen molar-refractivity contribution in [3.8, 4) is 5.75 Å². The first-order chi connectivity index (χ1) is 8.83. The predicted molar refractivity (Wildman–Crippen MR) is 74.1 cm³/mol. The Hall–Kier alpha value is -1.76. The SMILES string of the molecule is COc1ccc(C(=O)NCCCS(C)(=O)=O)cc1N. The number of rotatable bonds is 6. The molecule has 1 amide bonds. The highest BCUT2D eigenvalue weighted by Crippen LogP contribution is 2.21. The summed E-state index contributed by atoms with van der Waals surface area (Å²) in [5, 5.41) is 2.64. The summed E-state index contributed by atoms with van der Waals surface area (Å²) in [4.78, 5) is 11.8. The molecule has 0 spiro atoms. The van der Waals surface area contributed by atoms with E-state index < -0.39 is 9.84 Å². The molecule has 0 unspecified atom stereocenters. The molecule has 19 heavy (non-hydrogen) atoms. The monoisotopic (exact) mass is 286 g/mol. The first-order valence-electron chi connectivity index (χ1n) is 5.73. The number of carbonyl (C=O) groups is 1. The van der Waals surface area contributed by atoms with Gasteiger partial charge in [-0.1, -0.05) is 0 Å². The minimum absolute atomic E-state index is 0.0536. The third-order valence-electron chi connectivity index (χ3n) is 2.47. The van der Waals surface area contributed by atoms with Crippen LogP contribution in [0.3, 0.4) is 0 Å². The maximum absolute atomic E-state index is 11.8. The van der Waals surface area contributed by atoms with Gasteiger partial charge in [0.25, 0.3) is 5.91 Å². The molecule has 0 aliphatic carbocycles. The molecule has 1 aromatic carbocycles. The van der Waals surface area contributed by atoms with Crippen LogP contribution in [-0.2, 0) is 9.84 Å². The van der Waals surface area contributed by atoms with Gasteiger partial charge in [-0.2, -0.15) is 0 Å². The Kier molecular flexibility index (Phi) is 5.17. The van der Waals surface area contributed by atoms with Crippen molar-refractivity contribution >= 4 is 21.4 Å². The largest absolute Gasteiger partial charge is 0.495 e. The normalized spacial score (nSPS) is 11.1. The molecule has 0 aliphatic heterocycles. The predicted octanol–water partition coefficient (Wildman–Crippen LogP) is 0.442. The van der Waals surface area contributed by atoms with Crippen molar-refractivity contribution in [3.05, 3.63) is 23.8 Å². The smallest absolute Gasteiger partial charge is 0.251 e. The Bertz CT molecular complexity index is 555. The fourth-order valence-electron chi connectivity index (χ4n) is 1.51. The van der Waals surface area contributed by atoms with Gasteiger partial charge in [0, 0.05) is 18.4 Å². The molecule has 0 bridgehead atoms. The van der Waals surface area contributed by atoms with E-state index in [1.165, 1.54) is 19.4 Å². The first-order valence-corrected chi connectivity index (χ1v) is 7.79. The second-order valence-electron chi connectivity index (χ2n) is 4.20. The highest BCUT2D eigenvalue weighted by atomic mass is 32.2. The lowest BCUT2D eigenvalue weighted by atomic mass is 10.1. The molecule has 6 nitrogen and oxygen atoms in total. The molecule has 0 saturated heterocycles. The van der Waals surface area contributed by atoms with Crippen molar-refractivity contribution in [1.82, 2.24) is 5.32 Å². The maximum Gasteiger partial charge on any atom is 0.251 e. The molecule has 3 N–H and O–H groups in total. The number of sulfone groups is 1. The first kappa shape index (κ1) is 15.3. The minimum Gasteiger partial charge on any atom is -0.495 e. The topological polar surface area (TPSA) is 98.5 Å². The van der Waals surface area contributed by atoms with Crippen LogP contribution in [0.15, 0.2) is 18.2 Å². The van der Waals surface area contributed by atoms with Gasteiger partial charge in [0.2, 0.25) is 0 Å². The highest BCUT2D eigenvalue weighted by molar-refractivity contribution is 7.90. The Morgan fingerprint density at radius 3 is 2.63 bits per heavy atom. The Morgan fingerprint density at radius 1 is 1.42 bits per heavy atom. The van der Waals surface area contributed by atoms with Crippen molar-refractivity contribution in [2.75, 3.05) is 31.4 Å². The van der Waals surface area contributed by atoms with Crippen LogP contribution in [0.25, 0.3) is 0 Å². The van der Waals surface area contributed by atoms with E-state index in [1.54, 1.807) is 12.1 Å². The fraction of sp³-hybridized carbons (Fsp3) is 0.417. The van der Waals surface area contributed by atoms with E-state index in [-0.39, 0.29) is 11.7 Å². The third-order valence-corrected chi connectivity index (χ3v) is 3.50. The van der Waals surface area contributed by atoms with Gasteiger partial charge in [-0.25, -0.2) is 8.42 Å². The average molecular weight is 286 g/mol. The summed E-state index contributed by atoms with van der Waals surface area (Å²) in [7, 11) is -1.49. The number of nitrogen functional groups attached to an aromatic ring is 1. The standard InChI is InChI=1S/C12H18N2O4S/c1-18-11-5-4-9(8-10(11)13)12(15)14-6-3-7-19(2,16)17/h4-5,8H,3,6-7,13H2,1-2H3,(H,14,15). The quantitative estimate of drug-likeness (QED) is 0.584. The zero-order valence-corrected chi connectivity index (χ0v) is 11.8. The van der Waals surface area contributed by atoms with Gasteiger partial charge in [-0.15, -0.1) is 0 Å². The fourth-order valence-corrected chi connectivity index (χ4v) is 2.18. The van der Waals surface area contributed by atoms with Crippen molar-refractivity contribution in [3.63, 3.8) is 0 Å². The number of benzene rings is 1. The molecule has 0 radical (unpaired) electrons.